The Labute approximate surface area is 244 Å². The monoisotopic (exact) mass is 575 g/mol. The van der Waals surface area contributed by atoms with Crippen LogP contribution in [0.5, 0.6) is 0 Å². The Bertz CT molecular complexity index is 2090. The first-order valence-electron chi connectivity index (χ1n) is 13.7. The number of carbonyl (C=O) groups excluding carboxylic acids is 1. The van der Waals surface area contributed by atoms with Gasteiger partial charge in [-0.1, -0.05) is 55.5 Å². The number of fused-ring (bicyclic) bond motifs is 2. The number of sulfonamides is 1. The summed E-state index contributed by atoms with van der Waals surface area (Å²) in [4.78, 5) is 27.0. The van der Waals surface area contributed by atoms with E-state index in [4.69, 9.17) is 15.0 Å². The molecule has 0 atom stereocenters. The predicted octanol–water partition coefficient (Wildman–Crippen LogP) is 5.99. The molecule has 8 nitrogen and oxygen atoms in total. The highest BCUT2D eigenvalue weighted by Gasteiger charge is 2.23. The molecule has 6 rings (SSSR count). The van der Waals surface area contributed by atoms with Gasteiger partial charge in [-0.15, -0.1) is 0 Å². The van der Waals surface area contributed by atoms with Crippen LogP contribution in [0.15, 0.2) is 95.9 Å². The SMILES string of the molecule is CCc1nc2c(C)cc(C)nc2n1Cc1ccc2nc(-c3ccccc3S(=O)(=O)NC(=O)c3ccccc3)ccc2c1. The summed E-state index contributed by atoms with van der Waals surface area (Å²) in [5.74, 6) is 0.291. The van der Waals surface area contributed by atoms with Crippen LogP contribution in [0.2, 0.25) is 0 Å². The fraction of sp³-hybridized carbons (Fsp3) is 0.152. The standard InChI is InChI=1S/C33H29N5O3S/c1-4-30-36-31-21(2)18-22(3)34-32(31)38(30)20-23-14-16-27-25(19-23)15-17-28(35-27)26-12-8-9-13-29(26)42(40,41)37-33(39)24-10-6-5-7-11-24/h5-19H,4,20H2,1-3H3,(H,37,39). The van der Waals surface area contributed by atoms with Crippen LogP contribution >= 0.6 is 0 Å². The third-order valence-electron chi connectivity index (χ3n) is 7.23. The average Bonchev–Trinajstić information content (AvgIpc) is 3.34. The van der Waals surface area contributed by atoms with Crippen LogP contribution in [0.1, 0.15) is 39.9 Å². The molecular formula is C33H29N5O3S. The number of pyridine rings is 2. The lowest BCUT2D eigenvalue weighted by Crippen LogP contribution is -2.30. The van der Waals surface area contributed by atoms with Crippen molar-refractivity contribution in [3.63, 3.8) is 0 Å². The number of aromatic nitrogens is 4. The van der Waals surface area contributed by atoms with E-state index >= 15 is 0 Å². The second-order valence-electron chi connectivity index (χ2n) is 10.2. The Morgan fingerprint density at radius 1 is 0.857 bits per heavy atom. The van der Waals surface area contributed by atoms with Gasteiger partial charge in [0.25, 0.3) is 15.9 Å². The zero-order valence-corrected chi connectivity index (χ0v) is 24.3. The van der Waals surface area contributed by atoms with E-state index < -0.39 is 15.9 Å². The van der Waals surface area contributed by atoms with Gasteiger partial charge in [0.2, 0.25) is 0 Å². The molecule has 0 unspecified atom stereocenters. The molecule has 6 aromatic rings. The quantitative estimate of drug-likeness (QED) is 0.251. The van der Waals surface area contributed by atoms with Gasteiger partial charge >= 0.3 is 0 Å². The van der Waals surface area contributed by atoms with E-state index in [1.54, 1.807) is 54.6 Å². The maximum atomic E-state index is 13.3. The summed E-state index contributed by atoms with van der Waals surface area (Å²) >= 11 is 0. The number of benzene rings is 3. The second kappa shape index (κ2) is 10.8. The van der Waals surface area contributed by atoms with Gasteiger partial charge in [0.15, 0.2) is 5.65 Å². The number of rotatable bonds is 7. The first-order valence-corrected chi connectivity index (χ1v) is 15.2. The highest BCUT2D eigenvalue weighted by Crippen LogP contribution is 2.29. The zero-order valence-electron chi connectivity index (χ0n) is 23.5. The summed E-state index contributed by atoms with van der Waals surface area (Å²) in [7, 11) is -4.16. The van der Waals surface area contributed by atoms with Crippen molar-refractivity contribution in [1.29, 1.82) is 0 Å². The highest BCUT2D eigenvalue weighted by atomic mass is 32.2. The summed E-state index contributed by atoms with van der Waals surface area (Å²) in [6, 6.07) is 26.6. The van der Waals surface area contributed by atoms with Crippen molar-refractivity contribution in [1.82, 2.24) is 24.2 Å². The summed E-state index contributed by atoms with van der Waals surface area (Å²) < 4.78 is 30.9. The Morgan fingerprint density at radius 3 is 2.40 bits per heavy atom. The Balaban J connectivity index is 1.32. The maximum absolute atomic E-state index is 13.3. The van der Waals surface area contributed by atoms with Crippen LogP contribution in [0.4, 0.5) is 0 Å². The van der Waals surface area contributed by atoms with Gasteiger partial charge in [-0.2, -0.15) is 0 Å². The third kappa shape index (κ3) is 5.14. The Morgan fingerprint density at radius 2 is 1.62 bits per heavy atom. The number of carbonyl (C=O) groups is 1. The van der Waals surface area contributed by atoms with Gasteiger partial charge in [0.05, 0.1) is 22.7 Å². The lowest BCUT2D eigenvalue weighted by Gasteiger charge is -2.13. The van der Waals surface area contributed by atoms with Crippen molar-refractivity contribution in [3.05, 3.63) is 119 Å². The van der Waals surface area contributed by atoms with E-state index in [2.05, 4.69) is 35.3 Å². The molecule has 1 N–H and O–H groups in total. The fourth-order valence-electron chi connectivity index (χ4n) is 5.23. The van der Waals surface area contributed by atoms with Gasteiger partial charge in [-0.3, -0.25) is 4.79 Å². The largest absolute Gasteiger partial charge is 0.308 e. The van der Waals surface area contributed by atoms with Crippen LogP contribution < -0.4 is 4.72 Å². The molecule has 0 saturated carbocycles. The van der Waals surface area contributed by atoms with Crippen LogP contribution in [0.25, 0.3) is 33.3 Å². The molecule has 0 saturated heterocycles. The van der Waals surface area contributed by atoms with Crippen molar-refractivity contribution in [2.24, 2.45) is 0 Å². The van der Waals surface area contributed by atoms with Gasteiger partial charge in [0.1, 0.15) is 11.3 Å². The van der Waals surface area contributed by atoms with Crippen molar-refractivity contribution in [2.75, 3.05) is 0 Å². The molecule has 0 fully saturated rings. The van der Waals surface area contributed by atoms with E-state index in [0.29, 0.717) is 17.8 Å². The van der Waals surface area contributed by atoms with E-state index in [-0.39, 0.29) is 10.5 Å². The predicted molar refractivity (Wildman–Crippen MR) is 164 cm³/mol. The first kappa shape index (κ1) is 27.3. The summed E-state index contributed by atoms with van der Waals surface area (Å²) in [5.41, 5.74) is 6.86. The van der Waals surface area contributed by atoms with Gasteiger partial charge in [-0.05, 0) is 67.4 Å². The molecule has 0 aliphatic rings. The molecule has 0 radical (unpaired) electrons. The number of amides is 1. The minimum absolute atomic E-state index is 0.0186. The lowest BCUT2D eigenvalue weighted by atomic mass is 10.1. The number of nitrogens with zero attached hydrogens (tertiary/aromatic N) is 4. The molecule has 9 heteroatoms. The van der Waals surface area contributed by atoms with E-state index in [1.165, 1.54) is 6.07 Å². The second-order valence-corrected chi connectivity index (χ2v) is 11.9. The van der Waals surface area contributed by atoms with Crippen molar-refractivity contribution < 1.29 is 13.2 Å². The van der Waals surface area contributed by atoms with Gasteiger partial charge in [-0.25, -0.2) is 28.1 Å². The topological polar surface area (TPSA) is 107 Å². The molecule has 0 spiro atoms. The molecule has 42 heavy (non-hydrogen) atoms. The number of aryl methyl sites for hydroxylation is 3. The Hall–Kier alpha value is -4.89. The first-order chi connectivity index (χ1) is 20.2. The molecule has 0 aliphatic heterocycles. The molecule has 0 bridgehead atoms. The molecule has 3 heterocycles. The van der Waals surface area contributed by atoms with Crippen molar-refractivity contribution in [3.8, 4) is 11.3 Å². The molecule has 1 amide bonds. The molecule has 3 aromatic carbocycles. The van der Waals surface area contributed by atoms with Crippen LogP contribution in [-0.4, -0.2) is 33.8 Å². The normalized spacial score (nSPS) is 11.7. The number of hydrogen-bond donors (Lipinski definition) is 1. The van der Waals surface area contributed by atoms with E-state index in [9.17, 15) is 13.2 Å². The number of nitrogens with one attached hydrogen (secondary N) is 1. The number of imidazole rings is 1. The molecule has 3 aromatic heterocycles. The van der Waals surface area contributed by atoms with Gasteiger partial charge < -0.3 is 4.57 Å². The van der Waals surface area contributed by atoms with Crippen molar-refractivity contribution >= 4 is 38.0 Å². The lowest BCUT2D eigenvalue weighted by molar-refractivity contribution is 0.0981. The van der Waals surface area contributed by atoms with Gasteiger partial charge in [0, 0.05) is 28.6 Å². The number of hydrogen-bond acceptors (Lipinski definition) is 6. The third-order valence-corrected chi connectivity index (χ3v) is 8.62. The summed E-state index contributed by atoms with van der Waals surface area (Å²) in [5, 5.41) is 0.928. The maximum Gasteiger partial charge on any atom is 0.264 e. The minimum atomic E-state index is -4.16. The molecule has 210 valence electrons. The Kier molecular flexibility index (Phi) is 7.04. The smallest absolute Gasteiger partial charge is 0.264 e. The summed E-state index contributed by atoms with van der Waals surface area (Å²) in [6.45, 7) is 6.77. The van der Waals surface area contributed by atoms with Crippen LogP contribution in [0.3, 0.4) is 0 Å². The van der Waals surface area contributed by atoms with E-state index in [1.807, 2.05) is 25.1 Å². The fourth-order valence-corrected chi connectivity index (χ4v) is 6.42. The van der Waals surface area contributed by atoms with Crippen LogP contribution in [-0.2, 0) is 23.0 Å². The van der Waals surface area contributed by atoms with E-state index in [0.717, 1.165) is 51.1 Å². The zero-order chi connectivity index (χ0) is 29.4. The molecule has 0 aliphatic carbocycles. The minimum Gasteiger partial charge on any atom is -0.308 e. The summed E-state index contributed by atoms with van der Waals surface area (Å²) in [6.07, 6.45) is 0.793. The molecular weight excluding hydrogens is 546 g/mol. The average molecular weight is 576 g/mol. The van der Waals surface area contributed by atoms with Crippen molar-refractivity contribution in [2.45, 2.75) is 38.6 Å². The highest BCUT2D eigenvalue weighted by molar-refractivity contribution is 7.90. The van der Waals surface area contributed by atoms with Crippen LogP contribution in [0, 0.1) is 13.8 Å².